The van der Waals surface area contributed by atoms with E-state index in [1.54, 1.807) is 7.11 Å². The van der Waals surface area contributed by atoms with Gasteiger partial charge in [0.25, 0.3) is 0 Å². The molecule has 0 aromatic heterocycles. The summed E-state index contributed by atoms with van der Waals surface area (Å²) >= 11 is 0. The predicted molar refractivity (Wildman–Crippen MR) is 100 cm³/mol. The van der Waals surface area contributed by atoms with Gasteiger partial charge in [0, 0.05) is 13.7 Å². The van der Waals surface area contributed by atoms with Crippen molar-refractivity contribution < 1.29 is 23.1 Å². The highest BCUT2D eigenvalue weighted by atomic mass is 28.4. The summed E-state index contributed by atoms with van der Waals surface area (Å²) in [5.41, 5.74) is 0. The van der Waals surface area contributed by atoms with Crippen LogP contribution >= 0.6 is 0 Å². The van der Waals surface area contributed by atoms with Crippen molar-refractivity contribution in [3.63, 3.8) is 0 Å². The van der Waals surface area contributed by atoms with Gasteiger partial charge in [-0.15, -0.1) is 0 Å². The molecule has 0 bridgehead atoms. The zero-order valence-corrected chi connectivity index (χ0v) is 18.3. The molecule has 0 saturated heterocycles. The molecule has 0 fully saturated rings. The van der Waals surface area contributed by atoms with Gasteiger partial charge in [-0.1, -0.05) is 6.92 Å². The van der Waals surface area contributed by atoms with Crippen LogP contribution in [0.15, 0.2) is 0 Å². The van der Waals surface area contributed by atoms with Gasteiger partial charge in [0.1, 0.15) is 0 Å². The third-order valence-corrected chi connectivity index (χ3v) is 9.34. The monoisotopic (exact) mass is 366 g/mol. The summed E-state index contributed by atoms with van der Waals surface area (Å²) in [6, 6.07) is 1.14. The maximum Gasteiger partial charge on any atom is 0.173 e. The summed E-state index contributed by atoms with van der Waals surface area (Å²) in [4.78, 5) is 0. The van der Waals surface area contributed by atoms with Gasteiger partial charge < -0.3 is 23.1 Å². The molecule has 0 rings (SSSR count). The highest BCUT2D eigenvalue weighted by molar-refractivity contribution is 6.84. The van der Waals surface area contributed by atoms with Crippen molar-refractivity contribution in [2.45, 2.75) is 45.7 Å². The Balaban J connectivity index is 3.54. The average molecular weight is 367 g/mol. The molecule has 0 N–H and O–H groups in total. The topological polar surface area (TPSA) is 46.2 Å². The molecule has 0 aliphatic heterocycles. The first kappa shape index (κ1) is 23.2. The number of rotatable bonds is 15. The van der Waals surface area contributed by atoms with Gasteiger partial charge in [-0.3, -0.25) is 0 Å². The van der Waals surface area contributed by atoms with Crippen LogP contribution in [0, 0.1) is 5.92 Å². The van der Waals surface area contributed by atoms with Crippen LogP contribution in [0.4, 0.5) is 0 Å². The third-order valence-electron chi connectivity index (χ3n) is 3.00. The number of ether oxygens (including phenoxy) is 4. The maximum absolute atomic E-state index is 6.37. The summed E-state index contributed by atoms with van der Waals surface area (Å²) in [6.45, 7) is 18.1. The highest BCUT2D eigenvalue weighted by Crippen LogP contribution is 2.22. The Labute approximate surface area is 145 Å². The second kappa shape index (κ2) is 12.6. The van der Waals surface area contributed by atoms with E-state index in [4.69, 9.17) is 23.1 Å². The van der Waals surface area contributed by atoms with Crippen molar-refractivity contribution in [3.8, 4) is 0 Å². The van der Waals surface area contributed by atoms with Crippen molar-refractivity contribution in [2.75, 3.05) is 53.4 Å². The summed E-state index contributed by atoms with van der Waals surface area (Å²) in [5, 5.41) is 0. The van der Waals surface area contributed by atoms with Gasteiger partial charge in [-0.05, 0) is 44.7 Å². The molecular formula is C16H38O5Si2. The van der Waals surface area contributed by atoms with E-state index in [1.165, 1.54) is 0 Å². The molecule has 0 saturated carbocycles. The second-order valence-electron chi connectivity index (χ2n) is 7.58. The van der Waals surface area contributed by atoms with Gasteiger partial charge in [-0.25, -0.2) is 0 Å². The Kier molecular flexibility index (Phi) is 12.7. The molecule has 0 radical (unpaired) electrons. The molecule has 5 nitrogen and oxygen atoms in total. The number of hydrogen-bond donors (Lipinski definition) is 0. The molecule has 23 heavy (non-hydrogen) atoms. The lowest BCUT2D eigenvalue weighted by molar-refractivity contribution is 0.0000821. The van der Waals surface area contributed by atoms with Crippen LogP contribution < -0.4 is 0 Å². The molecule has 7 heteroatoms. The summed E-state index contributed by atoms with van der Waals surface area (Å²) in [6.07, 6.45) is 0. The van der Waals surface area contributed by atoms with E-state index >= 15 is 0 Å². The van der Waals surface area contributed by atoms with Crippen molar-refractivity contribution in [2.24, 2.45) is 5.92 Å². The highest BCUT2D eigenvalue weighted by Gasteiger charge is 2.31. The van der Waals surface area contributed by atoms with Crippen LogP contribution in [-0.4, -0.2) is 70.0 Å². The van der Waals surface area contributed by atoms with E-state index in [0.29, 0.717) is 45.6 Å². The first-order chi connectivity index (χ1) is 10.7. The van der Waals surface area contributed by atoms with Crippen LogP contribution in [-0.2, 0) is 23.1 Å². The first-order valence-electron chi connectivity index (χ1n) is 8.58. The molecule has 0 spiro atoms. The van der Waals surface area contributed by atoms with Crippen molar-refractivity contribution >= 4 is 16.6 Å². The largest absolute Gasteiger partial charge is 0.456 e. The molecule has 0 aliphatic rings. The van der Waals surface area contributed by atoms with Crippen molar-refractivity contribution in [3.05, 3.63) is 0 Å². The van der Waals surface area contributed by atoms with E-state index in [-0.39, 0.29) is 0 Å². The van der Waals surface area contributed by atoms with E-state index in [2.05, 4.69) is 39.7 Å². The minimum absolute atomic E-state index is 0.533. The summed E-state index contributed by atoms with van der Waals surface area (Å²) < 4.78 is 27.8. The average Bonchev–Trinajstić information content (AvgIpc) is 2.37. The molecule has 0 amide bonds. The maximum atomic E-state index is 6.37. The van der Waals surface area contributed by atoms with Gasteiger partial charge in [0.2, 0.25) is 0 Å². The van der Waals surface area contributed by atoms with Crippen LogP contribution in [0.5, 0.6) is 0 Å². The SMILES string of the molecule is COCCOCCOCCOCC(C)C[Si](C)(C)O[Si](C)(C)C. The van der Waals surface area contributed by atoms with Crippen molar-refractivity contribution in [1.82, 2.24) is 0 Å². The Hall–Kier alpha value is 0.234. The number of hydrogen-bond acceptors (Lipinski definition) is 5. The molecule has 1 unspecified atom stereocenters. The Morgan fingerprint density at radius 2 is 1.22 bits per heavy atom. The van der Waals surface area contributed by atoms with Gasteiger partial charge >= 0.3 is 0 Å². The van der Waals surface area contributed by atoms with Crippen LogP contribution in [0.3, 0.4) is 0 Å². The van der Waals surface area contributed by atoms with E-state index in [9.17, 15) is 0 Å². The molecule has 0 aromatic rings. The lowest BCUT2D eigenvalue weighted by Crippen LogP contribution is -2.43. The Morgan fingerprint density at radius 1 is 0.739 bits per heavy atom. The number of methoxy groups -OCH3 is 1. The zero-order chi connectivity index (χ0) is 17.8. The molecule has 0 aromatic carbocycles. The normalized spacial score (nSPS) is 14.2. The fourth-order valence-electron chi connectivity index (χ4n) is 2.64. The molecular weight excluding hydrogens is 328 g/mol. The summed E-state index contributed by atoms with van der Waals surface area (Å²) in [5.74, 6) is 0.533. The molecule has 0 heterocycles. The minimum atomic E-state index is -1.58. The lowest BCUT2D eigenvalue weighted by atomic mass is 10.2. The third kappa shape index (κ3) is 16.9. The van der Waals surface area contributed by atoms with Gasteiger partial charge in [-0.2, -0.15) is 0 Å². The predicted octanol–water partition coefficient (Wildman–Crippen LogP) is 3.38. The van der Waals surface area contributed by atoms with Crippen LogP contribution in [0.1, 0.15) is 6.92 Å². The quantitative estimate of drug-likeness (QED) is 0.328. The summed E-state index contributed by atoms with van der Waals surface area (Å²) in [7, 11) is -1.35. The molecule has 140 valence electrons. The zero-order valence-electron chi connectivity index (χ0n) is 16.3. The standard InChI is InChI=1S/C16H38O5Si2/c1-16(15-23(6,7)21-22(3,4)5)14-20-13-12-19-11-10-18-9-8-17-2/h16H,8-15H2,1-7H3. The molecule has 0 aliphatic carbocycles. The Bertz CT molecular complexity index is 282. The lowest BCUT2D eigenvalue weighted by Gasteiger charge is -2.33. The van der Waals surface area contributed by atoms with E-state index in [1.807, 2.05) is 0 Å². The second-order valence-corrected chi connectivity index (χ2v) is 16.5. The van der Waals surface area contributed by atoms with Crippen LogP contribution in [0.2, 0.25) is 38.8 Å². The van der Waals surface area contributed by atoms with E-state index < -0.39 is 16.6 Å². The van der Waals surface area contributed by atoms with Gasteiger partial charge in [0.05, 0.1) is 39.6 Å². The van der Waals surface area contributed by atoms with Crippen LogP contribution in [0.25, 0.3) is 0 Å². The molecule has 1 atom stereocenters. The van der Waals surface area contributed by atoms with Crippen molar-refractivity contribution in [1.29, 1.82) is 0 Å². The first-order valence-corrected chi connectivity index (χ1v) is 15.1. The van der Waals surface area contributed by atoms with E-state index in [0.717, 1.165) is 12.7 Å². The minimum Gasteiger partial charge on any atom is -0.456 e. The van der Waals surface area contributed by atoms with Gasteiger partial charge in [0.15, 0.2) is 16.6 Å². The fraction of sp³-hybridized carbons (Fsp3) is 1.00. The fourth-order valence-corrected chi connectivity index (χ4v) is 11.4. The Morgan fingerprint density at radius 3 is 1.70 bits per heavy atom. The smallest absolute Gasteiger partial charge is 0.173 e.